The molecule has 0 saturated heterocycles. The van der Waals surface area contributed by atoms with Crippen LogP contribution in [0.1, 0.15) is 40.0 Å². The molecule has 0 amide bonds. The summed E-state index contributed by atoms with van der Waals surface area (Å²) >= 11 is 5.96. The first-order valence-electron chi connectivity index (χ1n) is 13.8. The largest absolute Gasteiger partial charge is 0.465 e. The van der Waals surface area contributed by atoms with Crippen LogP contribution >= 0.6 is 11.6 Å². The second kappa shape index (κ2) is 10.8. The van der Waals surface area contributed by atoms with Crippen LogP contribution in [-0.2, 0) is 23.5 Å². The highest BCUT2D eigenvalue weighted by molar-refractivity contribution is 6.30. The highest BCUT2D eigenvalue weighted by atomic mass is 35.5. The summed E-state index contributed by atoms with van der Waals surface area (Å²) in [6.07, 6.45) is 3.57. The van der Waals surface area contributed by atoms with E-state index in [1.54, 1.807) is 43.5 Å². The molecule has 0 fully saturated rings. The molecule has 4 aromatic carbocycles. The molecule has 1 unspecified atom stereocenters. The Morgan fingerprint density at radius 1 is 1.05 bits per heavy atom. The molecule has 0 N–H and O–H groups in total. The Bertz CT molecular complexity index is 2020. The number of halogens is 2. The maximum atomic E-state index is 14.8. The van der Waals surface area contributed by atoms with Crippen molar-refractivity contribution in [3.8, 4) is 22.6 Å². The molecule has 1 atom stereocenters. The lowest BCUT2D eigenvalue weighted by Crippen LogP contribution is -2.32. The molecular formula is C34H25ClFN3O5. The van der Waals surface area contributed by atoms with Crippen molar-refractivity contribution in [1.29, 1.82) is 0 Å². The summed E-state index contributed by atoms with van der Waals surface area (Å²) in [5.74, 6) is 0.248. The van der Waals surface area contributed by atoms with E-state index in [0.717, 1.165) is 33.5 Å². The van der Waals surface area contributed by atoms with Gasteiger partial charge in [0, 0.05) is 23.9 Å². The van der Waals surface area contributed by atoms with E-state index in [9.17, 15) is 9.18 Å². The lowest BCUT2D eigenvalue weighted by atomic mass is 10.0. The molecular weight excluding hydrogens is 585 g/mol. The van der Waals surface area contributed by atoms with Crippen LogP contribution in [0.3, 0.4) is 0 Å². The topological polar surface area (TPSA) is 88.6 Å². The molecule has 8 nitrogen and oxygen atoms in total. The number of methoxy groups -OCH3 is 1. The number of hydrogen-bond donors (Lipinski definition) is 0. The van der Waals surface area contributed by atoms with E-state index in [1.165, 1.54) is 19.6 Å². The number of para-hydroxylation sites is 1. The number of nitrogens with zero attached hydrogens (tertiary/aromatic N) is 3. The molecule has 0 radical (unpaired) electrons. The molecule has 6 aromatic rings. The molecule has 10 heteroatoms. The Morgan fingerprint density at radius 3 is 2.64 bits per heavy atom. The third kappa shape index (κ3) is 4.95. The fraction of sp³-hybridized carbons (Fsp3) is 0.147. The number of rotatable bonds is 7. The average molecular weight is 610 g/mol. The SMILES string of the molecule is COC(=O)c1ccc2nc(Cc3ccc(-c4cccc5c4OC(C)(c4ccc(Cl)cc4F)O5)cc3)n(Cc3cnco3)c2c1. The fourth-order valence-electron chi connectivity index (χ4n) is 5.51. The van der Waals surface area contributed by atoms with Crippen molar-refractivity contribution < 1.29 is 27.8 Å². The maximum Gasteiger partial charge on any atom is 0.337 e. The molecule has 220 valence electrons. The van der Waals surface area contributed by atoms with Gasteiger partial charge in [-0.1, -0.05) is 48.0 Å². The lowest BCUT2D eigenvalue weighted by molar-refractivity contribution is -0.0705. The third-order valence-corrected chi connectivity index (χ3v) is 7.91. The Morgan fingerprint density at radius 2 is 1.89 bits per heavy atom. The van der Waals surface area contributed by atoms with E-state index in [-0.39, 0.29) is 5.56 Å². The Kier molecular flexibility index (Phi) is 6.82. The van der Waals surface area contributed by atoms with Crippen LogP contribution < -0.4 is 9.47 Å². The van der Waals surface area contributed by atoms with E-state index in [4.69, 9.17) is 35.2 Å². The van der Waals surface area contributed by atoms with Crippen LogP contribution in [-0.4, -0.2) is 27.6 Å². The number of oxazole rings is 1. The van der Waals surface area contributed by atoms with E-state index >= 15 is 0 Å². The van der Waals surface area contributed by atoms with Crippen LogP contribution in [0.5, 0.6) is 11.5 Å². The standard InChI is InChI=1S/C34H25ClFN3O5/c1-34(26-12-11-23(35)16-27(26)36)43-30-5-3-4-25(32(30)44-34)21-8-6-20(7-9-21)14-31-38-28-13-10-22(33(40)41-2)15-29(28)39(31)18-24-17-37-19-42-24/h3-13,15-17,19H,14,18H2,1-2H3. The van der Waals surface area contributed by atoms with Gasteiger partial charge in [0.1, 0.15) is 17.4 Å². The van der Waals surface area contributed by atoms with Gasteiger partial charge in [-0.2, -0.15) is 0 Å². The highest BCUT2D eigenvalue weighted by Crippen LogP contribution is 2.49. The van der Waals surface area contributed by atoms with Crippen molar-refractivity contribution in [2.75, 3.05) is 7.11 Å². The highest BCUT2D eigenvalue weighted by Gasteiger charge is 2.42. The van der Waals surface area contributed by atoms with E-state index in [2.05, 4.69) is 4.98 Å². The van der Waals surface area contributed by atoms with Gasteiger partial charge in [0.25, 0.3) is 5.79 Å². The summed E-state index contributed by atoms with van der Waals surface area (Å²) in [7, 11) is 1.36. The second-order valence-electron chi connectivity index (χ2n) is 10.6. The van der Waals surface area contributed by atoms with Gasteiger partial charge in [0.15, 0.2) is 17.9 Å². The number of imidazole rings is 1. The fourth-order valence-corrected chi connectivity index (χ4v) is 5.67. The number of benzene rings is 4. The monoisotopic (exact) mass is 609 g/mol. The minimum atomic E-state index is -1.34. The van der Waals surface area contributed by atoms with Gasteiger partial charge < -0.3 is 23.2 Å². The maximum absolute atomic E-state index is 14.8. The van der Waals surface area contributed by atoms with Crippen LogP contribution in [0.15, 0.2) is 95.9 Å². The number of fused-ring (bicyclic) bond motifs is 2. The average Bonchev–Trinajstić information content (AvgIpc) is 3.74. The molecule has 0 bridgehead atoms. The Hall–Kier alpha value is -5.15. The third-order valence-electron chi connectivity index (χ3n) is 7.67. The van der Waals surface area contributed by atoms with Gasteiger partial charge in [0.05, 0.1) is 42.0 Å². The smallest absolute Gasteiger partial charge is 0.337 e. The van der Waals surface area contributed by atoms with Gasteiger partial charge in [-0.05, 0) is 53.6 Å². The van der Waals surface area contributed by atoms with Crippen molar-refractivity contribution in [3.63, 3.8) is 0 Å². The summed E-state index contributed by atoms with van der Waals surface area (Å²) in [6.45, 7) is 2.08. The van der Waals surface area contributed by atoms with Gasteiger partial charge in [-0.15, -0.1) is 0 Å². The predicted molar refractivity (Wildman–Crippen MR) is 161 cm³/mol. The summed E-state index contributed by atoms with van der Waals surface area (Å²) in [6, 6.07) is 23.4. The summed E-state index contributed by atoms with van der Waals surface area (Å²) in [5, 5.41) is 0.297. The molecule has 0 aliphatic carbocycles. The van der Waals surface area contributed by atoms with Crippen LogP contribution in [0.25, 0.3) is 22.2 Å². The zero-order valence-electron chi connectivity index (χ0n) is 23.7. The molecule has 2 aromatic heterocycles. The van der Waals surface area contributed by atoms with Crippen LogP contribution in [0, 0.1) is 5.82 Å². The summed E-state index contributed by atoms with van der Waals surface area (Å²) in [5.41, 5.74) is 4.98. The quantitative estimate of drug-likeness (QED) is 0.173. The zero-order valence-corrected chi connectivity index (χ0v) is 24.5. The molecule has 0 spiro atoms. The van der Waals surface area contributed by atoms with Crippen molar-refractivity contribution in [1.82, 2.24) is 14.5 Å². The predicted octanol–water partition coefficient (Wildman–Crippen LogP) is 7.55. The minimum Gasteiger partial charge on any atom is -0.465 e. The number of ether oxygens (including phenoxy) is 3. The van der Waals surface area contributed by atoms with Crippen molar-refractivity contribution in [3.05, 3.63) is 131 Å². The van der Waals surface area contributed by atoms with Gasteiger partial charge in [-0.25, -0.2) is 19.2 Å². The van der Waals surface area contributed by atoms with E-state index < -0.39 is 17.6 Å². The molecule has 1 aliphatic rings. The Labute approximate surface area is 256 Å². The molecule has 3 heterocycles. The minimum absolute atomic E-state index is 0.256. The first-order valence-corrected chi connectivity index (χ1v) is 14.2. The molecule has 0 saturated carbocycles. The number of aromatic nitrogens is 3. The van der Waals surface area contributed by atoms with Gasteiger partial charge in [0.2, 0.25) is 0 Å². The van der Waals surface area contributed by atoms with Crippen LogP contribution in [0.4, 0.5) is 4.39 Å². The number of esters is 1. The van der Waals surface area contributed by atoms with Crippen molar-refractivity contribution in [2.45, 2.75) is 25.7 Å². The first kappa shape index (κ1) is 27.7. The van der Waals surface area contributed by atoms with Gasteiger partial charge in [-0.3, -0.25) is 0 Å². The lowest BCUT2D eigenvalue weighted by Gasteiger charge is -2.24. The molecule has 7 rings (SSSR count). The number of carbonyl (C=O) groups is 1. The van der Waals surface area contributed by atoms with E-state index in [1.807, 2.05) is 47.0 Å². The number of hydrogen-bond acceptors (Lipinski definition) is 7. The normalized spacial score (nSPS) is 15.5. The second-order valence-corrected chi connectivity index (χ2v) is 11.0. The first-order chi connectivity index (χ1) is 21.3. The van der Waals surface area contributed by atoms with Crippen LogP contribution in [0.2, 0.25) is 5.02 Å². The van der Waals surface area contributed by atoms with Crippen molar-refractivity contribution >= 4 is 28.6 Å². The van der Waals surface area contributed by atoms with Crippen molar-refractivity contribution in [2.24, 2.45) is 0 Å². The number of carbonyl (C=O) groups excluding carboxylic acids is 1. The van der Waals surface area contributed by atoms with Gasteiger partial charge >= 0.3 is 5.97 Å². The Balaban J connectivity index is 1.19. The zero-order chi connectivity index (χ0) is 30.4. The summed E-state index contributed by atoms with van der Waals surface area (Å²) < 4.78 is 39.7. The van der Waals surface area contributed by atoms with E-state index in [0.29, 0.717) is 40.8 Å². The molecule has 1 aliphatic heterocycles. The molecule has 44 heavy (non-hydrogen) atoms. The summed E-state index contributed by atoms with van der Waals surface area (Å²) in [4.78, 5) is 21.1.